The summed E-state index contributed by atoms with van der Waals surface area (Å²) >= 11 is 11.3. The monoisotopic (exact) mass is 460 g/mol. The number of urea groups is 1. The maximum Gasteiger partial charge on any atom is 0.461 e. The summed E-state index contributed by atoms with van der Waals surface area (Å²) in [5.74, 6) is -5.14. The minimum Gasteiger partial charge on any atom is -0.424 e. The van der Waals surface area contributed by atoms with Crippen molar-refractivity contribution in [3.05, 3.63) is 57.6 Å². The smallest absolute Gasteiger partial charge is 0.424 e. The van der Waals surface area contributed by atoms with Crippen LogP contribution in [0.1, 0.15) is 10.4 Å². The normalized spacial score (nSPS) is 11.3. The van der Waals surface area contributed by atoms with Gasteiger partial charge in [0, 0.05) is 5.02 Å². The zero-order valence-electron chi connectivity index (χ0n) is 13.7. The van der Waals surface area contributed by atoms with Gasteiger partial charge in [-0.25, -0.2) is 13.6 Å². The second kappa shape index (κ2) is 8.78. The number of ether oxygens (including phenoxy) is 1. The molecule has 3 amide bonds. The number of anilines is 1. The van der Waals surface area contributed by atoms with E-state index in [2.05, 4.69) is 4.74 Å². The Morgan fingerprint density at radius 3 is 2.21 bits per heavy atom. The molecular weight excluding hydrogens is 453 g/mol. The number of rotatable bonds is 5. The lowest BCUT2D eigenvalue weighted by atomic mass is 10.2. The first-order valence-corrected chi connectivity index (χ1v) is 8.08. The Labute approximate surface area is 168 Å². The van der Waals surface area contributed by atoms with Crippen molar-refractivity contribution in [1.82, 2.24) is 5.32 Å². The third kappa shape index (κ3) is 5.45. The first-order valence-electron chi connectivity index (χ1n) is 7.32. The van der Waals surface area contributed by atoms with E-state index in [1.54, 1.807) is 5.32 Å². The van der Waals surface area contributed by atoms with E-state index < -0.39 is 58.1 Å². The van der Waals surface area contributed by atoms with E-state index >= 15 is 0 Å². The number of carbonyl (C=O) groups excluding carboxylic acids is 2. The van der Waals surface area contributed by atoms with Crippen molar-refractivity contribution >= 4 is 40.8 Å². The summed E-state index contributed by atoms with van der Waals surface area (Å²) in [5, 5.41) is 2.45. The minimum absolute atomic E-state index is 0.218. The van der Waals surface area contributed by atoms with Crippen molar-refractivity contribution in [2.75, 3.05) is 5.32 Å². The van der Waals surface area contributed by atoms with Gasteiger partial charge in [-0.05, 0) is 24.3 Å². The van der Waals surface area contributed by atoms with Crippen LogP contribution < -0.4 is 15.4 Å². The van der Waals surface area contributed by atoms with E-state index in [-0.39, 0.29) is 5.02 Å². The Kier molecular flexibility index (Phi) is 6.85. The van der Waals surface area contributed by atoms with Crippen LogP contribution in [-0.4, -0.2) is 24.5 Å². The molecule has 0 fully saturated rings. The molecule has 156 valence electrons. The largest absolute Gasteiger partial charge is 0.461 e. The SMILES string of the molecule is O=C(NC(=O)c1c(F)cccc1F)Nc1cc(Cl)cc(Cl)c1OC(F)(F)C(F)F. The standard InChI is InChI=1S/C16H8Cl2F6N2O3/c17-6-4-7(18)12(29-16(23,24)14(21)22)10(5-6)25-15(28)26-13(27)11-8(19)2-1-3-9(11)20/h1-5,14H,(H2,25,26,27,28). The molecule has 2 aromatic carbocycles. The molecule has 5 nitrogen and oxygen atoms in total. The number of amides is 3. The summed E-state index contributed by atoms with van der Waals surface area (Å²) in [6.07, 6.45) is -9.21. The van der Waals surface area contributed by atoms with Gasteiger partial charge in [0.15, 0.2) is 5.75 Å². The van der Waals surface area contributed by atoms with Gasteiger partial charge >= 0.3 is 18.6 Å². The topological polar surface area (TPSA) is 67.4 Å². The number of halogens is 8. The number of imide groups is 1. The number of hydrogen-bond donors (Lipinski definition) is 2. The van der Waals surface area contributed by atoms with Crippen LogP contribution in [0.3, 0.4) is 0 Å². The predicted octanol–water partition coefficient (Wildman–Crippen LogP) is 5.47. The van der Waals surface area contributed by atoms with Crippen LogP contribution >= 0.6 is 23.2 Å². The average molecular weight is 461 g/mol. The van der Waals surface area contributed by atoms with Gasteiger partial charge in [-0.3, -0.25) is 10.1 Å². The second-order valence-electron chi connectivity index (χ2n) is 5.23. The van der Waals surface area contributed by atoms with Gasteiger partial charge in [-0.15, -0.1) is 0 Å². The molecule has 0 heterocycles. The highest BCUT2D eigenvalue weighted by Crippen LogP contribution is 2.40. The number of hydrogen-bond acceptors (Lipinski definition) is 3. The van der Waals surface area contributed by atoms with Crippen molar-refractivity contribution in [3.63, 3.8) is 0 Å². The summed E-state index contributed by atoms with van der Waals surface area (Å²) < 4.78 is 82.2. The first-order chi connectivity index (χ1) is 13.4. The van der Waals surface area contributed by atoms with Gasteiger partial charge in [0.25, 0.3) is 5.91 Å². The summed E-state index contributed by atoms with van der Waals surface area (Å²) in [4.78, 5) is 23.8. The number of benzene rings is 2. The van der Waals surface area contributed by atoms with Gasteiger partial charge in [-0.2, -0.15) is 17.6 Å². The molecule has 0 saturated carbocycles. The highest BCUT2D eigenvalue weighted by Gasteiger charge is 2.45. The summed E-state index contributed by atoms with van der Waals surface area (Å²) in [7, 11) is 0. The number of nitrogens with one attached hydrogen (secondary N) is 2. The molecular formula is C16H8Cl2F6N2O3. The molecule has 0 aromatic heterocycles. The highest BCUT2D eigenvalue weighted by molar-refractivity contribution is 6.36. The molecule has 0 saturated heterocycles. The second-order valence-corrected chi connectivity index (χ2v) is 6.08. The molecule has 2 aromatic rings. The molecule has 0 aliphatic rings. The first kappa shape index (κ1) is 22.6. The average Bonchev–Trinajstić information content (AvgIpc) is 2.57. The summed E-state index contributed by atoms with van der Waals surface area (Å²) in [6, 6.07) is 2.68. The molecule has 13 heteroatoms. The Bertz CT molecular complexity index is 938. The molecule has 0 aliphatic heterocycles. The van der Waals surface area contributed by atoms with E-state index in [4.69, 9.17) is 23.2 Å². The van der Waals surface area contributed by atoms with Crippen molar-refractivity contribution in [3.8, 4) is 5.75 Å². The van der Waals surface area contributed by atoms with Gasteiger partial charge in [0.2, 0.25) is 0 Å². The molecule has 0 spiro atoms. The Morgan fingerprint density at radius 2 is 1.66 bits per heavy atom. The molecule has 0 aliphatic carbocycles. The quantitative estimate of drug-likeness (QED) is 0.581. The molecule has 2 rings (SSSR count). The molecule has 0 atom stereocenters. The van der Waals surface area contributed by atoms with Crippen LogP contribution in [-0.2, 0) is 0 Å². The fraction of sp³-hybridized carbons (Fsp3) is 0.125. The highest BCUT2D eigenvalue weighted by atomic mass is 35.5. The van der Waals surface area contributed by atoms with E-state index in [0.29, 0.717) is 0 Å². The Balaban J connectivity index is 2.27. The third-order valence-electron chi connectivity index (χ3n) is 3.17. The van der Waals surface area contributed by atoms with Crippen molar-refractivity contribution in [1.29, 1.82) is 0 Å². The molecule has 2 N–H and O–H groups in total. The minimum atomic E-state index is -4.98. The van der Waals surface area contributed by atoms with E-state index in [1.165, 1.54) is 5.32 Å². The van der Waals surface area contributed by atoms with E-state index in [0.717, 1.165) is 30.3 Å². The van der Waals surface area contributed by atoms with Crippen molar-refractivity contribution in [2.24, 2.45) is 0 Å². The van der Waals surface area contributed by atoms with Crippen LogP contribution in [0.5, 0.6) is 5.75 Å². The molecule has 0 radical (unpaired) electrons. The lowest BCUT2D eigenvalue weighted by molar-refractivity contribution is -0.252. The van der Waals surface area contributed by atoms with Gasteiger partial charge < -0.3 is 10.1 Å². The predicted molar refractivity (Wildman–Crippen MR) is 90.9 cm³/mol. The van der Waals surface area contributed by atoms with Crippen LogP contribution in [0.2, 0.25) is 10.0 Å². The van der Waals surface area contributed by atoms with Crippen LogP contribution in [0.15, 0.2) is 30.3 Å². The van der Waals surface area contributed by atoms with Gasteiger partial charge in [0.1, 0.15) is 17.2 Å². The van der Waals surface area contributed by atoms with Crippen molar-refractivity contribution in [2.45, 2.75) is 12.5 Å². The van der Waals surface area contributed by atoms with Gasteiger partial charge in [0.05, 0.1) is 10.7 Å². The maximum atomic E-state index is 13.6. The fourth-order valence-electron chi connectivity index (χ4n) is 1.97. The van der Waals surface area contributed by atoms with E-state index in [1.807, 2.05) is 0 Å². The lowest BCUT2D eigenvalue weighted by Crippen LogP contribution is -2.36. The third-order valence-corrected chi connectivity index (χ3v) is 3.66. The van der Waals surface area contributed by atoms with E-state index in [9.17, 15) is 35.9 Å². The molecule has 0 bridgehead atoms. The van der Waals surface area contributed by atoms with Crippen LogP contribution in [0.4, 0.5) is 36.8 Å². The molecule has 0 unspecified atom stereocenters. The maximum absolute atomic E-state index is 13.6. The van der Waals surface area contributed by atoms with Crippen LogP contribution in [0.25, 0.3) is 0 Å². The summed E-state index contributed by atoms with van der Waals surface area (Å²) in [5.41, 5.74) is -1.81. The lowest BCUT2D eigenvalue weighted by Gasteiger charge is -2.20. The summed E-state index contributed by atoms with van der Waals surface area (Å²) in [6.45, 7) is 0. The Hall–Kier alpha value is -2.66. The van der Waals surface area contributed by atoms with Crippen LogP contribution in [0, 0.1) is 11.6 Å². The number of carbonyl (C=O) groups is 2. The van der Waals surface area contributed by atoms with Gasteiger partial charge in [-0.1, -0.05) is 29.3 Å². The molecule has 29 heavy (non-hydrogen) atoms. The zero-order chi connectivity index (χ0) is 21.9. The Morgan fingerprint density at radius 1 is 1.07 bits per heavy atom. The fourth-order valence-corrected chi connectivity index (χ4v) is 2.50. The van der Waals surface area contributed by atoms with Crippen molar-refractivity contribution < 1.29 is 40.7 Å². The zero-order valence-corrected chi connectivity index (χ0v) is 15.2. The number of alkyl halides is 4.